The molecule has 0 spiro atoms. The Kier molecular flexibility index (Phi) is 9.58. The third kappa shape index (κ3) is 6.77. The fraction of sp³-hybridized carbons (Fsp3) is 0.344. The Morgan fingerprint density at radius 1 is 1.05 bits per heavy atom. The van der Waals surface area contributed by atoms with Crippen LogP contribution in [-0.4, -0.2) is 61.6 Å². The Labute approximate surface area is 249 Å². The summed E-state index contributed by atoms with van der Waals surface area (Å²) in [6.45, 7) is 7.42. The highest BCUT2D eigenvalue weighted by atomic mass is 32.2. The number of rotatable bonds is 9. The number of aliphatic hydroxyl groups is 1. The molecule has 0 bridgehead atoms. The Morgan fingerprint density at radius 3 is 2.40 bits per heavy atom. The predicted octanol–water partition coefficient (Wildman–Crippen LogP) is 3.85. The molecule has 1 aliphatic rings. The number of phenolic OH excluding ortho intramolecular Hbond substituents is 1. The van der Waals surface area contributed by atoms with Crippen molar-refractivity contribution in [1.82, 2.24) is 15.5 Å². The first-order valence-electron chi connectivity index (χ1n) is 13.7. The number of phenols is 1. The highest BCUT2D eigenvalue weighted by Crippen LogP contribution is 2.40. The van der Waals surface area contributed by atoms with Crippen LogP contribution in [0.4, 0.5) is 4.39 Å². The molecule has 1 fully saturated rings. The van der Waals surface area contributed by atoms with Gasteiger partial charge in [-0.1, -0.05) is 54.6 Å². The van der Waals surface area contributed by atoms with E-state index >= 15 is 0 Å². The standard InChI is InChI=1S/C32H36FN3O5S/c1-19-10-8-9-13-22(19)17-34-30(40)28-32(3,4)42-18-36(28)31(41)27(38)25(16-21-11-6-5-7-12-21)35-29(39)23-14-15-24(33)26(37)20(23)2/h5-15,25,27-28,37-38H,16-18H2,1-4H3,(H,34,40)(H,35,39)/t25-,27-,28+/m0/s1. The zero-order valence-corrected chi connectivity index (χ0v) is 24.9. The fourth-order valence-electron chi connectivity index (χ4n) is 5.11. The Bertz CT molecular complexity index is 1470. The summed E-state index contributed by atoms with van der Waals surface area (Å²) in [5, 5.41) is 27.1. The van der Waals surface area contributed by atoms with Gasteiger partial charge in [0.15, 0.2) is 17.7 Å². The van der Waals surface area contributed by atoms with Crippen molar-refractivity contribution >= 4 is 29.5 Å². The number of nitrogens with one attached hydrogen (secondary N) is 2. The maximum absolute atomic E-state index is 13.8. The minimum absolute atomic E-state index is 0.0120. The molecule has 1 heterocycles. The van der Waals surface area contributed by atoms with Crippen molar-refractivity contribution in [1.29, 1.82) is 0 Å². The minimum atomic E-state index is -1.69. The molecule has 4 rings (SSSR count). The molecule has 1 saturated heterocycles. The van der Waals surface area contributed by atoms with E-state index in [1.807, 2.05) is 63.2 Å². The third-order valence-electron chi connectivity index (χ3n) is 7.67. The number of nitrogens with zero attached hydrogens (tertiary/aromatic N) is 1. The number of aliphatic hydroxyl groups excluding tert-OH is 1. The average Bonchev–Trinajstić information content (AvgIpc) is 3.29. The zero-order valence-electron chi connectivity index (χ0n) is 24.1. The van der Waals surface area contributed by atoms with Crippen molar-refractivity contribution < 1.29 is 29.0 Å². The second kappa shape index (κ2) is 13.0. The maximum atomic E-state index is 13.8. The first-order valence-corrected chi connectivity index (χ1v) is 14.7. The summed E-state index contributed by atoms with van der Waals surface area (Å²) in [6.07, 6.45) is -1.58. The first kappa shape index (κ1) is 31.1. The molecule has 0 unspecified atom stereocenters. The largest absolute Gasteiger partial charge is 0.505 e. The van der Waals surface area contributed by atoms with Gasteiger partial charge in [0.1, 0.15) is 6.04 Å². The molecule has 3 amide bonds. The van der Waals surface area contributed by atoms with Crippen molar-refractivity contribution in [3.05, 3.63) is 100 Å². The van der Waals surface area contributed by atoms with Crippen molar-refractivity contribution in [3.63, 3.8) is 0 Å². The average molecular weight is 594 g/mol. The molecule has 0 aromatic heterocycles. The molecule has 0 radical (unpaired) electrons. The number of hydrogen-bond donors (Lipinski definition) is 4. The Balaban J connectivity index is 1.57. The number of carbonyl (C=O) groups excluding carboxylic acids is 3. The molecule has 8 nitrogen and oxygen atoms in total. The van der Waals surface area contributed by atoms with Gasteiger partial charge in [0, 0.05) is 22.4 Å². The lowest BCUT2D eigenvalue weighted by Crippen LogP contribution is -2.58. The Morgan fingerprint density at radius 2 is 1.71 bits per heavy atom. The summed E-state index contributed by atoms with van der Waals surface area (Å²) < 4.78 is 13.2. The van der Waals surface area contributed by atoms with Crippen LogP contribution in [0.1, 0.15) is 46.5 Å². The van der Waals surface area contributed by atoms with Crippen LogP contribution >= 0.6 is 11.8 Å². The SMILES string of the molecule is Cc1ccccc1CNC(=O)[C@H]1N(C(=O)[C@@H](O)[C@H](Cc2ccccc2)NC(=O)c2ccc(F)c(O)c2C)CSC1(C)C. The number of hydrogen-bond acceptors (Lipinski definition) is 6. The van der Waals surface area contributed by atoms with Gasteiger partial charge >= 0.3 is 0 Å². The molecular formula is C32H36FN3O5S. The molecule has 0 aliphatic carbocycles. The van der Waals surface area contributed by atoms with Gasteiger partial charge in [0.2, 0.25) is 5.91 Å². The van der Waals surface area contributed by atoms with Gasteiger partial charge in [-0.2, -0.15) is 0 Å². The second-order valence-corrected chi connectivity index (χ2v) is 12.6. The summed E-state index contributed by atoms with van der Waals surface area (Å²) in [5.41, 5.74) is 2.80. The maximum Gasteiger partial charge on any atom is 0.254 e. The highest BCUT2D eigenvalue weighted by Gasteiger charge is 2.49. The van der Waals surface area contributed by atoms with E-state index < -0.39 is 46.3 Å². The van der Waals surface area contributed by atoms with Gasteiger partial charge in [-0.15, -0.1) is 11.8 Å². The van der Waals surface area contributed by atoms with Crippen LogP contribution in [0.25, 0.3) is 0 Å². The summed E-state index contributed by atoms with van der Waals surface area (Å²) in [4.78, 5) is 41.9. The molecular weight excluding hydrogens is 557 g/mol. The molecule has 3 atom stereocenters. The van der Waals surface area contributed by atoms with Crippen LogP contribution in [-0.2, 0) is 22.6 Å². The van der Waals surface area contributed by atoms with Crippen LogP contribution in [0.2, 0.25) is 0 Å². The number of carbonyl (C=O) groups is 3. The smallest absolute Gasteiger partial charge is 0.254 e. The summed E-state index contributed by atoms with van der Waals surface area (Å²) in [5.74, 6) is -3.03. The number of benzene rings is 3. The fourth-order valence-corrected chi connectivity index (χ4v) is 6.25. The van der Waals surface area contributed by atoms with E-state index in [0.717, 1.165) is 22.8 Å². The number of aromatic hydroxyl groups is 1. The van der Waals surface area contributed by atoms with E-state index in [0.29, 0.717) is 6.54 Å². The summed E-state index contributed by atoms with van der Waals surface area (Å²) in [7, 11) is 0. The lowest BCUT2D eigenvalue weighted by atomic mass is 9.96. The van der Waals surface area contributed by atoms with E-state index in [1.165, 1.54) is 29.7 Å². The van der Waals surface area contributed by atoms with Crippen LogP contribution in [0, 0.1) is 19.7 Å². The topological polar surface area (TPSA) is 119 Å². The second-order valence-electron chi connectivity index (χ2n) is 11.0. The molecule has 4 N–H and O–H groups in total. The molecule has 42 heavy (non-hydrogen) atoms. The molecule has 3 aromatic carbocycles. The van der Waals surface area contributed by atoms with E-state index in [2.05, 4.69) is 10.6 Å². The monoisotopic (exact) mass is 593 g/mol. The Hall–Kier alpha value is -3.89. The van der Waals surface area contributed by atoms with Crippen molar-refractivity contribution in [2.45, 2.75) is 63.6 Å². The number of thioether (sulfide) groups is 1. The van der Waals surface area contributed by atoms with Crippen molar-refractivity contribution in [2.24, 2.45) is 0 Å². The van der Waals surface area contributed by atoms with Crippen LogP contribution in [0.3, 0.4) is 0 Å². The molecule has 1 aliphatic heterocycles. The van der Waals surface area contributed by atoms with Crippen molar-refractivity contribution in [2.75, 3.05) is 5.88 Å². The molecule has 10 heteroatoms. The van der Waals surface area contributed by atoms with Gasteiger partial charge in [-0.3, -0.25) is 14.4 Å². The van der Waals surface area contributed by atoms with E-state index in [4.69, 9.17) is 0 Å². The van der Waals surface area contributed by atoms with E-state index in [1.54, 1.807) is 12.1 Å². The summed E-state index contributed by atoms with van der Waals surface area (Å²) in [6, 6.07) is 17.0. The van der Waals surface area contributed by atoms with E-state index in [9.17, 15) is 29.0 Å². The molecule has 0 saturated carbocycles. The predicted molar refractivity (Wildman–Crippen MR) is 160 cm³/mol. The van der Waals surface area contributed by atoms with Crippen LogP contribution < -0.4 is 10.6 Å². The van der Waals surface area contributed by atoms with Gasteiger partial charge in [0.25, 0.3) is 11.8 Å². The number of amides is 3. The molecule has 222 valence electrons. The first-order chi connectivity index (χ1) is 19.9. The lowest BCUT2D eigenvalue weighted by molar-refractivity contribution is -0.147. The quantitative estimate of drug-likeness (QED) is 0.299. The number of aryl methyl sites for hydroxylation is 1. The molecule has 3 aromatic rings. The van der Waals surface area contributed by atoms with Gasteiger partial charge < -0.3 is 25.7 Å². The van der Waals surface area contributed by atoms with Crippen LogP contribution in [0.5, 0.6) is 5.75 Å². The minimum Gasteiger partial charge on any atom is -0.505 e. The highest BCUT2D eigenvalue weighted by molar-refractivity contribution is 8.00. The summed E-state index contributed by atoms with van der Waals surface area (Å²) >= 11 is 1.43. The van der Waals surface area contributed by atoms with Gasteiger partial charge in [0.05, 0.1) is 11.9 Å². The zero-order chi connectivity index (χ0) is 30.6. The van der Waals surface area contributed by atoms with Gasteiger partial charge in [-0.25, -0.2) is 4.39 Å². The number of halogens is 1. The van der Waals surface area contributed by atoms with Crippen molar-refractivity contribution in [3.8, 4) is 5.75 Å². The van der Waals surface area contributed by atoms with Gasteiger partial charge in [-0.05, 0) is 62.9 Å². The van der Waals surface area contributed by atoms with E-state index in [-0.39, 0.29) is 29.3 Å². The normalized spacial score (nSPS) is 17.4. The van der Waals surface area contributed by atoms with Crippen LogP contribution in [0.15, 0.2) is 66.7 Å². The lowest BCUT2D eigenvalue weighted by Gasteiger charge is -2.33. The third-order valence-corrected chi connectivity index (χ3v) is 9.04.